The van der Waals surface area contributed by atoms with Gasteiger partial charge in [-0.1, -0.05) is 0 Å². The molecule has 0 spiro atoms. The van der Waals surface area contributed by atoms with E-state index in [9.17, 15) is 4.79 Å². The Morgan fingerprint density at radius 3 is 2.94 bits per heavy atom. The largest absolute Gasteiger partial charge is 0.477 e. The Morgan fingerprint density at radius 2 is 2.38 bits per heavy atom. The van der Waals surface area contributed by atoms with Gasteiger partial charge in [-0.05, 0) is 40.8 Å². The first-order valence-electron chi connectivity index (χ1n) is 5.07. The Labute approximate surface area is 102 Å². The van der Waals surface area contributed by atoms with Gasteiger partial charge in [0, 0.05) is 6.20 Å². The summed E-state index contributed by atoms with van der Waals surface area (Å²) in [5, 5.41) is 0. The van der Waals surface area contributed by atoms with Crippen molar-refractivity contribution in [3.8, 4) is 5.88 Å². The van der Waals surface area contributed by atoms with Gasteiger partial charge in [0.25, 0.3) is 0 Å². The molecule has 0 bridgehead atoms. The van der Waals surface area contributed by atoms with Crippen molar-refractivity contribution in [2.75, 3.05) is 13.7 Å². The molecule has 1 aromatic heterocycles. The maximum Gasteiger partial charge on any atom is 0.339 e. The third-order valence-electron chi connectivity index (χ3n) is 2.38. The molecule has 1 aliphatic carbocycles. The number of carbonyl (C=O) groups is 1. The number of esters is 1. The van der Waals surface area contributed by atoms with Crippen molar-refractivity contribution in [1.82, 2.24) is 4.98 Å². The summed E-state index contributed by atoms with van der Waals surface area (Å²) in [5.41, 5.74) is 0.410. The van der Waals surface area contributed by atoms with Gasteiger partial charge in [0.15, 0.2) is 0 Å². The molecule has 2 rings (SSSR count). The second kappa shape index (κ2) is 4.82. The van der Waals surface area contributed by atoms with Gasteiger partial charge in [-0.2, -0.15) is 0 Å². The van der Waals surface area contributed by atoms with Gasteiger partial charge >= 0.3 is 5.97 Å². The lowest BCUT2D eigenvalue weighted by atomic mass is 10.3. The number of rotatable bonds is 4. The van der Waals surface area contributed by atoms with E-state index in [1.165, 1.54) is 26.1 Å². The molecule has 1 heterocycles. The molecule has 0 aromatic carbocycles. The van der Waals surface area contributed by atoms with Crippen LogP contribution in [0.4, 0.5) is 0 Å². The smallest absolute Gasteiger partial charge is 0.339 e. The predicted octanol–water partition coefficient (Wildman–Crippen LogP) is 2.42. The minimum absolute atomic E-state index is 0.401. The minimum Gasteiger partial charge on any atom is -0.477 e. The number of halogens is 1. The van der Waals surface area contributed by atoms with Gasteiger partial charge in [0.05, 0.1) is 23.8 Å². The van der Waals surface area contributed by atoms with Crippen LogP contribution >= 0.6 is 15.9 Å². The highest BCUT2D eigenvalue weighted by atomic mass is 79.9. The Bertz CT molecular complexity index is 404. The van der Waals surface area contributed by atoms with Crippen LogP contribution in [0.2, 0.25) is 0 Å². The lowest BCUT2D eigenvalue weighted by Crippen LogP contribution is -2.05. The van der Waals surface area contributed by atoms with Crippen molar-refractivity contribution >= 4 is 21.9 Å². The second-order valence-electron chi connectivity index (χ2n) is 3.76. The van der Waals surface area contributed by atoms with E-state index in [2.05, 4.69) is 25.7 Å². The number of hydrogen-bond acceptors (Lipinski definition) is 4. The summed E-state index contributed by atoms with van der Waals surface area (Å²) < 4.78 is 10.8. The minimum atomic E-state index is -0.401. The molecule has 0 N–H and O–H groups in total. The Morgan fingerprint density at radius 1 is 1.62 bits per heavy atom. The molecule has 1 saturated carbocycles. The lowest BCUT2D eigenvalue weighted by Gasteiger charge is -2.07. The molecule has 4 nitrogen and oxygen atoms in total. The number of hydrogen-bond donors (Lipinski definition) is 0. The number of pyridine rings is 1. The average molecular weight is 286 g/mol. The molecule has 1 aliphatic rings. The van der Waals surface area contributed by atoms with Crippen molar-refractivity contribution in [3.05, 3.63) is 22.3 Å². The molecule has 1 aromatic rings. The molecule has 16 heavy (non-hydrogen) atoms. The van der Waals surface area contributed by atoms with Crippen molar-refractivity contribution in [2.45, 2.75) is 12.8 Å². The van der Waals surface area contributed by atoms with E-state index in [1.54, 1.807) is 6.07 Å². The molecule has 1 fully saturated rings. The van der Waals surface area contributed by atoms with Crippen LogP contribution < -0.4 is 4.74 Å². The van der Waals surface area contributed by atoms with Crippen LogP contribution in [0.5, 0.6) is 5.88 Å². The van der Waals surface area contributed by atoms with Gasteiger partial charge in [0.1, 0.15) is 0 Å². The normalized spacial score (nSPS) is 14.6. The summed E-state index contributed by atoms with van der Waals surface area (Å²) in [4.78, 5) is 15.3. The topological polar surface area (TPSA) is 48.4 Å². The maximum absolute atomic E-state index is 11.2. The Hall–Kier alpha value is -1.10. The van der Waals surface area contributed by atoms with E-state index < -0.39 is 5.97 Å². The number of aromatic nitrogens is 1. The van der Waals surface area contributed by atoms with Gasteiger partial charge in [-0.15, -0.1) is 0 Å². The van der Waals surface area contributed by atoms with Crippen LogP contribution in [0.1, 0.15) is 23.2 Å². The first-order chi connectivity index (χ1) is 7.70. The lowest BCUT2D eigenvalue weighted by molar-refractivity contribution is 0.0600. The van der Waals surface area contributed by atoms with Crippen LogP contribution in [-0.2, 0) is 4.74 Å². The van der Waals surface area contributed by atoms with E-state index in [0.717, 1.165) is 0 Å². The van der Waals surface area contributed by atoms with Crippen LogP contribution in [0.25, 0.3) is 0 Å². The molecule has 0 atom stereocenters. The summed E-state index contributed by atoms with van der Waals surface area (Å²) in [6.45, 7) is 0.698. The van der Waals surface area contributed by atoms with Crippen LogP contribution in [0.15, 0.2) is 16.7 Å². The first kappa shape index (κ1) is 11.4. The number of carbonyl (C=O) groups excluding carboxylic acids is 1. The van der Waals surface area contributed by atoms with Gasteiger partial charge in [-0.3, -0.25) is 0 Å². The van der Waals surface area contributed by atoms with Crippen molar-refractivity contribution in [1.29, 1.82) is 0 Å². The Balaban J connectivity index is 2.05. The summed E-state index contributed by atoms with van der Waals surface area (Å²) in [6.07, 6.45) is 3.93. The maximum atomic E-state index is 11.2. The van der Waals surface area contributed by atoms with E-state index in [4.69, 9.17) is 4.74 Å². The van der Waals surface area contributed by atoms with Gasteiger partial charge in [-0.25, -0.2) is 9.78 Å². The van der Waals surface area contributed by atoms with Crippen molar-refractivity contribution in [3.63, 3.8) is 0 Å². The third-order valence-corrected chi connectivity index (χ3v) is 2.95. The van der Waals surface area contributed by atoms with Crippen molar-refractivity contribution in [2.24, 2.45) is 5.92 Å². The molecular formula is C11H12BrNO3. The van der Waals surface area contributed by atoms with E-state index in [-0.39, 0.29) is 0 Å². The number of methoxy groups -OCH3 is 1. The molecular weight excluding hydrogens is 274 g/mol. The Kier molecular flexibility index (Phi) is 3.43. The van der Waals surface area contributed by atoms with E-state index in [0.29, 0.717) is 28.4 Å². The molecule has 0 radical (unpaired) electrons. The zero-order valence-corrected chi connectivity index (χ0v) is 10.5. The predicted molar refractivity (Wildman–Crippen MR) is 61.5 cm³/mol. The zero-order chi connectivity index (χ0) is 11.5. The van der Waals surface area contributed by atoms with Crippen LogP contribution in [0, 0.1) is 5.92 Å². The standard InChI is InChI=1S/C11H12BrNO3/c1-15-11(14)8-4-9(12)10(13-5-8)16-6-7-2-3-7/h4-5,7H,2-3,6H2,1H3. The fourth-order valence-corrected chi connectivity index (χ4v) is 1.71. The van der Waals surface area contributed by atoms with Gasteiger partial charge < -0.3 is 9.47 Å². The first-order valence-corrected chi connectivity index (χ1v) is 5.86. The molecule has 0 saturated heterocycles. The SMILES string of the molecule is COC(=O)c1cnc(OCC2CC2)c(Br)c1. The summed E-state index contributed by atoms with van der Waals surface area (Å²) in [5.74, 6) is 0.801. The zero-order valence-electron chi connectivity index (χ0n) is 8.90. The monoisotopic (exact) mass is 285 g/mol. The highest BCUT2D eigenvalue weighted by molar-refractivity contribution is 9.10. The van der Waals surface area contributed by atoms with E-state index >= 15 is 0 Å². The second-order valence-corrected chi connectivity index (χ2v) is 4.61. The van der Waals surface area contributed by atoms with Crippen molar-refractivity contribution < 1.29 is 14.3 Å². The molecule has 0 unspecified atom stereocenters. The highest BCUT2D eigenvalue weighted by Gasteiger charge is 2.22. The fourth-order valence-electron chi connectivity index (χ4n) is 1.24. The number of ether oxygens (including phenoxy) is 2. The quantitative estimate of drug-likeness (QED) is 0.797. The molecule has 5 heteroatoms. The average Bonchev–Trinajstić information content (AvgIpc) is 3.10. The summed E-state index contributed by atoms with van der Waals surface area (Å²) in [6, 6.07) is 1.65. The molecule has 0 amide bonds. The molecule has 0 aliphatic heterocycles. The third kappa shape index (κ3) is 2.72. The van der Waals surface area contributed by atoms with Crippen LogP contribution in [0.3, 0.4) is 0 Å². The van der Waals surface area contributed by atoms with Gasteiger partial charge in [0.2, 0.25) is 5.88 Å². The summed E-state index contributed by atoms with van der Waals surface area (Å²) in [7, 11) is 1.34. The molecule has 86 valence electrons. The fraction of sp³-hybridized carbons (Fsp3) is 0.455. The number of nitrogens with zero attached hydrogens (tertiary/aromatic N) is 1. The van der Waals surface area contributed by atoms with Crippen LogP contribution in [-0.4, -0.2) is 24.7 Å². The summed E-state index contributed by atoms with van der Waals surface area (Å²) >= 11 is 3.32. The highest BCUT2D eigenvalue weighted by Crippen LogP contribution is 2.31. The van der Waals surface area contributed by atoms with E-state index in [1.807, 2.05) is 0 Å².